The Morgan fingerprint density at radius 3 is 2.59 bits per heavy atom. The Morgan fingerprint density at radius 1 is 1.18 bits per heavy atom. The lowest BCUT2D eigenvalue weighted by Crippen LogP contribution is -2.57. The number of aromatic nitrogens is 4. The predicted molar refractivity (Wildman–Crippen MR) is 124 cm³/mol. The number of carbonyl (C=O) groups is 1. The van der Waals surface area contributed by atoms with Gasteiger partial charge in [0.1, 0.15) is 42.4 Å². The summed E-state index contributed by atoms with van der Waals surface area (Å²) in [6.07, 6.45) is -3.82. The van der Waals surface area contributed by atoms with Crippen LogP contribution in [0, 0.1) is 17.5 Å². The van der Waals surface area contributed by atoms with E-state index in [2.05, 4.69) is 15.5 Å². The number of carboxylic acids is 1. The van der Waals surface area contributed by atoms with Gasteiger partial charge in [-0.25, -0.2) is 22.6 Å². The zero-order valence-electron chi connectivity index (χ0n) is 20.9. The minimum absolute atomic E-state index is 0.0438. The van der Waals surface area contributed by atoms with Gasteiger partial charge in [-0.3, -0.25) is 0 Å². The number of halogens is 3. The van der Waals surface area contributed by atoms with E-state index in [1.165, 1.54) is 0 Å². The second kappa shape index (κ2) is 11.4. The van der Waals surface area contributed by atoms with Gasteiger partial charge in [0.15, 0.2) is 17.5 Å². The maximum absolute atomic E-state index is 14.4. The summed E-state index contributed by atoms with van der Waals surface area (Å²) in [5.41, 5.74) is -0.873. The molecule has 0 radical (unpaired) electrons. The molecule has 2 aromatic heterocycles. The molecule has 0 saturated carbocycles. The van der Waals surface area contributed by atoms with E-state index in [4.69, 9.17) is 14.0 Å². The third-order valence-corrected chi connectivity index (χ3v) is 6.54. The largest absolute Gasteiger partial charge is 0.480 e. The first-order chi connectivity index (χ1) is 18.5. The van der Waals surface area contributed by atoms with Crippen LogP contribution in [0.15, 0.2) is 28.9 Å². The molecule has 3 heterocycles. The van der Waals surface area contributed by atoms with Crippen LogP contribution >= 0.6 is 0 Å². The third-order valence-electron chi connectivity index (χ3n) is 6.54. The molecular weight excluding hydrogens is 529 g/mol. The van der Waals surface area contributed by atoms with Gasteiger partial charge < -0.3 is 34.4 Å². The molecule has 0 amide bonds. The van der Waals surface area contributed by atoms with Crippen LogP contribution in [0.25, 0.3) is 11.3 Å². The molecule has 1 aliphatic heterocycles. The zero-order valence-corrected chi connectivity index (χ0v) is 20.9. The van der Waals surface area contributed by atoms with Crippen molar-refractivity contribution >= 4 is 5.97 Å². The molecule has 12 nitrogen and oxygen atoms in total. The molecule has 1 fully saturated rings. The number of ether oxygens (including phenoxy) is 2. The number of rotatable bonds is 10. The molecule has 39 heavy (non-hydrogen) atoms. The summed E-state index contributed by atoms with van der Waals surface area (Å²) in [4.78, 5) is 11.3. The Bertz CT molecular complexity index is 1320. The predicted octanol–water partition coefficient (Wildman–Crippen LogP) is 0.994. The smallest absolute Gasteiger partial charge is 0.329 e. The highest BCUT2D eigenvalue weighted by Crippen LogP contribution is 2.35. The van der Waals surface area contributed by atoms with Crippen molar-refractivity contribution < 1.29 is 52.4 Å². The minimum Gasteiger partial charge on any atom is -0.480 e. The van der Waals surface area contributed by atoms with Crippen molar-refractivity contribution in [2.75, 3.05) is 19.8 Å². The lowest BCUT2D eigenvalue weighted by Gasteiger charge is -2.43. The normalized spacial score (nSPS) is 23.7. The number of aliphatic hydroxyl groups excluding tert-OH is 3. The van der Waals surface area contributed by atoms with Crippen LogP contribution in [0.5, 0.6) is 0 Å². The number of benzene rings is 1. The molecule has 3 aromatic rings. The van der Waals surface area contributed by atoms with E-state index in [1.54, 1.807) is 19.9 Å². The first kappa shape index (κ1) is 28.6. The Balaban J connectivity index is 1.70. The molecular formula is C24H27F3N4O8. The van der Waals surface area contributed by atoms with Gasteiger partial charge >= 0.3 is 5.97 Å². The van der Waals surface area contributed by atoms with E-state index in [9.17, 15) is 38.4 Å². The molecule has 1 aromatic carbocycles. The molecule has 0 bridgehead atoms. The second-order valence-corrected chi connectivity index (χ2v) is 9.78. The SMILES string of the molecule is CC(C)(CO)c1cc(C[C@H]2O[C@H](CO)[C@H](O)[C@H](n3cc(-c4ccc(F)c(F)c4F)nn3)[C@H]2OCC(=O)O)on1. The van der Waals surface area contributed by atoms with E-state index in [1.807, 2.05) is 0 Å². The van der Waals surface area contributed by atoms with Crippen LogP contribution in [-0.4, -0.2) is 90.8 Å². The monoisotopic (exact) mass is 556 g/mol. The summed E-state index contributed by atoms with van der Waals surface area (Å²) in [5.74, 6) is -5.62. The quantitative estimate of drug-likeness (QED) is 0.262. The molecule has 1 aliphatic rings. The summed E-state index contributed by atoms with van der Waals surface area (Å²) in [6.45, 7) is 1.85. The highest BCUT2D eigenvalue weighted by Gasteiger charge is 2.48. The molecule has 0 unspecified atom stereocenters. The average molecular weight is 556 g/mol. The summed E-state index contributed by atoms with van der Waals surface area (Å²) in [5, 5.41) is 51.4. The van der Waals surface area contributed by atoms with Gasteiger partial charge in [0, 0.05) is 23.5 Å². The maximum Gasteiger partial charge on any atom is 0.329 e. The van der Waals surface area contributed by atoms with Crippen LogP contribution in [-0.2, 0) is 26.1 Å². The Labute approximate surface area is 219 Å². The van der Waals surface area contributed by atoms with Gasteiger partial charge in [0.2, 0.25) is 0 Å². The summed E-state index contributed by atoms with van der Waals surface area (Å²) in [7, 11) is 0. The average Bonchev–Trinajstić information content (AvgIpc) is 3.57. The van der Waals surface area contributed by atoms with Crippen LogP contribution in [0.1, 0.15) is 31.3 Å². The number of aliphatic carboxylic acids is 1. The van der Waals surface area contributed by atoms with Gasteiger partial charge in [-0.1, -0.05) is 24.2 Å². The fourth-order valence-corrected chi connectivity index (χ4v) is 4.29. The number of hydrogen-bond donors (Lipinski definition) is 4. The summed E-state index contributed by atoms with van der Waals surface area (Å²) < 4.78 is 59.4. The van der Waals surface area contributed by atoms with E-state index in [0.717, 1.165) is 23.0 Å². The summed E-state index contributed by atoms with van der Waals surface area (Å²) in [6, 6.07) is 2.05. The van der Waals surface area contributed by atoms with Crippen LogP contribution in [0.2, 0.25) is 0 Å². The summed E-state index contributed by atoms with van der Waals surface area (Å²) >= 11 is 0. The topological polar surface area (TPSA) is 173 Å². The maximum atomic E-state index is 14.4. The molecule has 4 rings (SSSR count). The zero-order chi connectivity index (χ0) is 28.5. The first-order valence-electron chi connectivity index (χ1n) is 11.9. The van der Waals surface area contributed by atoms with E-state index < -0.39 is 78.1 Å². The number of nitrogens with zero attached hydrogens (tertiary/aromatic N) is 4. The molecule has 0 spiro atoms. The van der Waals surface area contributed by atoms with Gasteiger partial charge in [0.25, 0.3) is 0 Å². The molecule has 4 N–H and O–H groups in total. The van der Waals surface area contributed by atoms with Gasteiger partial charge in [0.05, 0.1) is 31.2 Å². The standard InChI is InChI=1S/C24H27F3N4O8/c1-24(2,10-33)17-6-11(39-29-17)5-15-23(37-9-18(34)35)21(22(36)16(8-32)38-15)31-7-14(28-30-31)12-3-4-13(25)20(27)19(12)26/h3-4,6-7,15-16,21-23,32-33,36H,5,8-10H2,1-2H3,(H,34,35)/t15-,16-,21+,22+,23+/m1/s1. The fraction of sp³-hybridized carbons (Fsp3) is 0.500. The van der Waals surface area contributed by atoms with Crippen molar-refractivity contribution in [2.24, 2.45) is 0 Å². The third kappa shape index (κ3) is 5.81. The second-order valence-electron chi connectivity index (χ2n) is 9.78. The van der Waals surface area contributed by atoms with Crippen molar-refractivity contribution in [3.63, 3.8) is 0 Å². The minimum atomic E-state index is -1.70. The number of aliphatic hydroxyl groups is 3. The molecule has 5 atom stereocenters. The lowest BCUT2D eigenvalue weighted by atomic mass is 9.88. The highest BCUT2D eigenvalue weighted by atomic mass is 19.2. The van der Waals surface area contributed by atoms with Crippen molar-refractivity contribution in [3.8, 4) is 11.3 Å². The Morgan fingerprint density at radius 2 is 1.92 bits per heavy atom. The van der Waals surface area contributed by atoms with E-state index >= 15 is 0 Å². The lowest BCUT2D eigenvalue weighted by molar-refractivity contribution is -0.220. The van der Waals surface area contributed by atoms with Crippen molar-refractivity contribution in [2.45, 2.75) is 56.1 Å². The highest BCUT2D eigenvalue weighted by molar-refractivity contribution is 5.68. The van der Waals surface area contributed by atoms with Crippen LogP contribution in [0.3, 0.4) is 0 Å². The van der Waals surface area contributed by atoms with Crippen molar-refractivity contribution in [3.05, 3.63) is 53.3 Å². The van der Waals surface area contributed by atoms with Crippen LogP contribution in [0.4, 0.5) is 13.2 Å². The Kier molecular flexibility index (Phi) is 8.37. The first-order valence-corrected chi connectivity index (χ1v) is 11.9. The molecule has 0 aliphatic carbocycles. The van der Waals surface area contributed by atoms with Gasteiger partial charge in [-0.15, -0.1) is 5.10 Å². The molecule has 1 saturated heterocycles. The Hall–Kier alpha value is -3.37. The fourth-order valence-electron chi connectivity index (χ4n) is 4.29. The molecule has 15 heteroatoms. The van der Waals surface area contributed by atoms with Gasteiger partial charge in [-0.05, 0) is 12.1 Å². The molecule has 212 valence electrons. The van der Waals surface area contributed by atoms with Crippen molar-refractivity contribution in [1.82, 2.24) is 20.2 Å². The number of hydrogen-bond acceptors (Lipinski definition) is 10. The van der Waals surface area contributed by atoms with Gasteiger partial charge in [-0.2, -0.15) is 0 Å². The van der Waals surface area contributed by atoms with Crippen molar-refractivity contribution in [1.29, 1.82) is 0 Å². The van der Waals surface area contributed by atoms with Crippen LogP contribution < -0.4 is 0 Å². The van der Waals surface area contributed by atoms with E-state index in [0.29, 0.717) is 5.69 Å². The van der Waals surface area contributed by atoms with E-state index in [-0.39, 0.29) is 24.5 Å². The number of carboxylic acid groups (broad SMARTS) is 1.